The van der Waals surface area contributed by atoms with Crippen LogP contribution in [0.3, 0.4) is 0 Å². The van der Waals surface area contributed by atoms with Gasteiger partial charge in [-0.2, -0.15) is 0 Å². The summed E-state index contributed by atoms with van der Waals surface area (Å²) < 4.78 is 24.8. The second-order valence-electron chi connectivity index (χ2n) is 7.51. The number of rotatable bonds is 12. The number of nitrogens with one attached hydrogen (secondary N) is 4. The summed E-state index contributed by atoms with van der Waals surface area (Å²) in [5.74, 6) is -0.343. The summed E-state index contributed by atoms with van der Waals surface area (Å²) in [6, 6.07) is 12.3. The van der Waals surface area contributed by atoms with E-state index in [1.165, 1.54) is 18.2 Å². The molecular weight excluding hydrogens is 501 g/mol. The molecule has 3 rings (SSSR count). The second kappa shape index (κ2) is 12.3. The third-order valence-corrected chi connectivity index (χ3v) is 7.34. The van der Waals surface area contributed by atoms with Crippen molar-refractivity contribution in [3.8, 4) is 0 Å². The lowest BCUT2D eigenvalue weighted by atomic mass is 10.1. The van der Waals surface area contributed by atoms with Crippen molar-refractivity contribution in [1.82, 2.24) is 21.3 Å². The van der Waals surface area contributed by atoms with E-state index in [0.29, 0.717) is 6.54 Å². The fraction of sp³-hybridized carbons (Fsp3) is 0.318. The van der Waals surface area contributed by atoms with Crippen molar-refractivity contribution in [1.29, 1.82) is 0 Å². The van der Waals surface area contributed by atoms with E-state index in [1.807, 2.05) is 24.3 Å². The number of benzene rings is 2. The van der Waals surface area contributed by atoms with Gasteiger partial charge in [0.15, 0.2) is 15.6 Å². The Balaban J connectivity index is 1.33. The van der Waals surface area contributed by atoms with Crippen LogP contribution in [-0.4, -0.2) is 64.5 Å². The largest absolute Gasteiger partial charge is 0.368 e. The van der Waals surface area contributed by atoms with E-state index in [2.05, 4.69) is 26.3 Å². The molecule has 0 fully saturated rings. The fourth-order valence-corrected chi connectivity index (χ4v) is 5.54. The van der Waals surface area contributed by atoms with E-state index >= 15 is 0 Å². The first-order valence-corrected chi connectivity index (χ1v) is 12.9. The molecule has 1 amide bonds. The zero-order chi connectivity index (χ0) is 24.6. The van der Waals surface area contributed by atoms with Crippen LogP contribution in [0.15, 0.2) is 52.4 Å². The molecule has 0 bridgehead atoms. The predicted octanol–water partition coefficient (Wildman–Crippen LogP) is 1.14. The maximum Gasteiger partial charge on any atom is 0.234 e. The van der Waals surface area contributed by atoms with Gasteiger partial charge in [-0.15, -0.1) is 0 Å². The SMILES string of the molecule is O=C(CNCc1ccc(C2=NCCN2)cc1)CNC(=O)CNCS(=O)(=O)c1c(Cl)cccc1Cl. The molecule has 0 saturated heterocycles. The van der Waals surface area contributed by atoms with Gasteiger partial charge in [-0.1, -0.05) is 53.5 Å². The topological polar surface area (TPSA) is 129 Å². The molecule has 0 aliphatic carbocycles. The molecule has 1 aliphatic rings. The fourth-order valence-electron chi connectivity index (χ4n) is 3.19. The summed E-state index contributed by atoms with van der Waals surface area (Å²) in [5, 5.41) is 11.3. The van der Waals surface area contributed by atoms with Gasteiger partial charge < -0.3 is 16.0 Å². The van der Waals surface area contributed by atoms with Crippen molar-refractivity contribution in [3.63, 3.8) is 0 Å². The van der Waals surface area contributed by atoms with Crippen molar-refractivity contribution >= 4 is 50.6 Å². The molecule has 0 atom stereocenters. The summed E-state index contributed by atoms with van der Waals surface area (Å²) in [7, 11) is -3.84. The summed E-state index contributed by atoms with van der Waals surface area (Å²) in [6.07, 6.45) is 0. The first kappa shape index (κ1) is 26.1. The second-order valence-corrected chi connectivity index (χ2v) is 10.3. The van der Waals surface area contributed by atoms with Gasteiger partial charge in [-0.3, -0.25) is 19.9 Å². The van der Waals surface area contributed by atoms with Crippen LogP contribution >= 0.6 is 23.2 Å². The van der Waals surface area contributed by atoms with Crippen molar-refractivity contribution in [2.45, 2.75) is 11.4 Å². The van der Waals surface area contributed by atoms with Crippen LogP contribution in [0.4, 0.5) is 0 Å². The molecule has 2 aromatic rings. The molecule has 34 heavy (non-hydrogen) atoms. The van der Waals surface area contributed by atoms with Crippen LogP contribution in [0.5, 0.6) is 0 Å². The van der Waals surface area contributed by atoms with Crippen molar-refractivity contribution < 1.29 is 18.0 Å². The lowest BCUT2D eigenvalue weighted by Gasteiger charge is -2.10. The zero-order valence-electron chi connectivity index (χ0n) is 18.2. The van der Waals surface area contributed by atoms with E-state index in [0.717, 1.165) is 30.1 Å². The number of amides is 1. The first-order valence-electron chi connectivity index (χ1n) is 10.5. The van der Waals surface area contributed by atoms with Crippen LogP contribution in [-0.2, 0) is 26.0 Å². The molecule has 0 unspecified atom stereocenters. The summed E-state index contributed by atoms with van der Waals surface area (Å²) >= 11 is 11.9. The lowest BCUT2D eigenvalue weighted by molar-refractivity contribution is -0.124. The monoisotopic (exact) mass is 525 g/mol. The van der Waals surface area contributed by atoms with Crippen LogP contribution in [0, 0.1) is 0 Å². The number of aliphatic imine (C=N–C) groups is 1. The number of sulfone groups is 1. The number of ketones is 1. The van der Waals surface area contributed by atoms with Gasteiger partial charge in [0.2, 0.25) is 5.91 Å². The standard InChI is InChI=1S/C22H25Cl2N5O4S/c23-18-2-1-3-19(24)21(18)34(32,33)14-26-13-20(31)29-12-17(30)11-25-10-15-4-6-16(7-5-15)22-27-8-9-28-22/h1-7,25-26H,8-14H2,(H,27,28)(H,29,31). The Morgan fingerprint density at radius 1 is 0.971 bits per heavy atom. The molecule has 0 saturated carbocycles. The van der Waals surface area contributed by atoms with Gasteiger partial charge in [0, 0.05) is 18.7 Å². The maximum absolute atomic E-state index is 12.4. The summed E-state index contributed by atoms with van der Waals surface area (Å²) in [6.45, 7) is 1.77. The van der Waals surface area contributed by atoms with Gasteiger partial charge in [0.1, 0.15) is 16.6 Å². The number of carbonyl (C=O) groups excluding carboxylic acids is 2. The third kappa shape index (κ3) is 7.51. The normalized spacial score (nSPS) is 13.3. The number of hydrogen-bond donors (Lipinski definition) is 4. The Morgan fingerprint density at radius 3 is 2.32 bits per heavy atom. The summed E-state index contributed by atoms with van der Waals surface area (Å²) in [5.41, 5.74) is 2.04. The summed E-state index contributed by atoms with van der Waals surface area (Å²) in [4.78, 5) is 28.1. The molecule has 0 radical (unpaired) electrons. The Bertz CT molecular complexity index is 1150. The highest BCUT2D eigenvalue weighted by atomic mass is 35.5. The number of amidine groups is 1. The lowest BCUT2D eigenvalue weighted by Crippen LogP contribution is -2.40. The molecule has 2 aromatic carbocycles. The van der Waals surface area contributed by atoms with E-state index < -0.39 is 21.6 Å². The molecular formula is C22H25Cl2N5O4S. The van der Waals surface area contributed by atoms with E-state index in [1.54, 1.807) is 0 Å². The number of Topliss-reactive ketones (excluding diaryl/α,β-unsaturated/α-hetero) is 1. The molecule has 182 valence electrons. The van der Waals surface area contributed by atoms with Gasteiger partial charge in [0.25, 0.3) is 0 Å². The van der Waals surface area contributed by atoms with Gasteiger partial charge >= 0.3 is 0 Å². The van der Waals surface area contributed by atoms with E-state index in [-0.39, 0.29) is 40.4 Å². The molecule has 4 N–H and O–H groups in total. The molecule has 0 aromatic heterocycles. The molecule has 1 aliphatic heterocycles. The smallest absolute Gasteiger partial charge is 0.234 e. The zero-order valence-corrected chi connectivity index (χ0v) is 20.6. The Labute approximate surface area is 208 Å². The van der Waals surface area contributed by atoms with Gasteiger partial charge in [-0.05, 0) is 17.7 Å². The van der Waals surface area contributed by atoms with Crippen molar-refractivity contribution in [3.05, 3.63) is 63.6 Å². The molecule has 9 nitrogen and oxygen atoms in total. The minimum absolute atomic E-state index is 0.00742. The van der Waals surface area contributed by atoms with Gasteiger partial charge in [-0.25, -0.2) is 8.42 Å². The number of carbonyl (C=O) groups is 2. The van der Waals surface area contributed by atoms with Crippen LogP contribution in [0.2, 0.25) is 10.0 Å². The maximum atomic E-state index is 12.4. The molecule has 1 heterocycles. The number of halogens is 2. The highest BCUT2D eigenvalue weighted by Crippen LogP contribution is 2.29. The average molecular weight is 526 g/mol. The number of nitrogens with zero attached hydrogens (tertiary/aromatic N) is 1. The predicted molar refractivity (Wildman–Crippen MR) is 132 cm³/mol. The van der Waals surface area contributed by atoms with E-state index in [9.17, 15) is 18.0 Å². The highest BCUT2D eigenvalue weighted by Gasteiger charge is 2.21. The van der Waals surface area contributed by atoms with Crippen LogP contribution in [0.25, 0.3) is 0 Å². The Hall–Kier alpha value is -2.50. The average Bonchev–Trinajstić information content (AvgIpc) is 3.33. The van der Waals surface area contributed by atoms with Crippen LogP contribution in [0.1, 0.15) is 11.1 Å². The number of hydrogen-bond acceptors (Lipinski definition) is 8. The highest BCUT2D eigenvalue weighted by molar-refractivity contribution is 7.91. The van der Waals surface area contributed by atoms with Crippen LogP contribution < -0.4 is 21.3 Å². The third-order valence-electron chi connectivity index (χ3n) is 4.84. The molecule has 12 heteroatoms. The minimum atomic E-state index is -3.84. The van der Waals surface area contributed by atoms with Crippen molar-refractivity contribution in [2.24, 2.45) is 4.99 Å². The van der Waals surface area contributed by atoms with Gasteiger partial charge in [0.05, 0.1) is 36.2 Å². The first-order chi connectivity index (χ1) is 16.3. The molecule has 0 spiro atoms. The van der Waals surface area contributed by atoms with Crippen molar-refractivity contribution in [2.75, 3.05) is 38.6 Å². The quantitative estimate of drug-likeness (QED) is 0.327. The minimum Gasteiger partial charge on any atom is -0.368 e. The van der Waals surface area contributed by atoms with E-state index in [4.69, 9.17) is 23.2 Å². The Morgan fingerprint density at radius 2 is 1.68 bits per heavy atom. The Kier molecular flexibility index (Phi) is 9.43.